The molecule has 0 radical (unpaired) electrons. The lowest BCUT2D eigenvalue weighted by atomic mass is 10.1. The van der Waals surface area contributed by atoms with E-state index in [1.54, 1.807) is 29.2 Å². The van der Waals surface area contributed by atoms with Crippen LogP contribution in [-0.2, 0) is 14.3 Å². The summed E-state index contributed by atoms with van der Waals surface area (Å²) >= 11 is 5.80. The minimum atomic E-state index is -0.574. The van der Waals surface area contributed by atoms with Crippen LogP contribution >= 0.6 is 11.6 Å². The van der Waals surface area contributed by atoms with Crippen LogP contribution in [-0.4, -0.2) is 30.8 Å². The number of anilines is 1. The molecule has 1 atom stereocenters. The van der Waals surface area contributed by atoms with E-state index in [1.165, 1.54) is 0 Å². The first-order valence-electron chi connectivity index (χ1n) is 8.68. The Morgan fingerprint density at radius 1 is 1.15 bits per heavy atom. The number of amides is 1. The third-order valence-electron chi connectivity index (χ3n) is 4.63. The molecule has 2 aromatic carbocycles. The number of hydrogen-bond acceptors (Lipinski definition) is 4. The average molecular weight is 386 g/mol. The molecule has 0 N–H and O–H groups in total. The van der Waals surface area contributed by atoms with E-state index in [9.17, 15) is 14.4 Å². The Kier molecular flexibility index (Phi) is 5.61. The molecule has 1 aliphatic rings. The van der Waals surface area contributed by atoms with Crippen molar-refractivity contribution < 1.29 is 19.1 Å². The van der Waals surface area contributed by atoms with Gasteiger partial charge < -0.3 is 9.64 Å². The van der Waals surface area contributed by atoms with E-state index in [1.807, 2.05) is 32.0 Å². The van der Waals surface area contributed by atoms with Gasteiger partial charge in [0.2, 0.25) is 5.91 Å². The summed E-state index contributed by atoms with van der Waals surface area (Å²) in [5, 5.41) is 0.527. The molecular formula is C21H20ClNO4. The molecule has 1 amide bonds. The first-order chi connectivity index (χ1) is 12.8. The van der Waals surface area contributed by atoms with E-state index >= 15 is 0 Å². The van der Waals surface area contributed by atoms with Crippen molar-refractivity contribution in [1.29, 1.82) is 0 Å². The number of aryl methyl sites for hydroxylation is 2. The van der Waals surface area contributed by atoms with Gasteiger partial charge in [-0.25, -0.2) is 0 Å². The molecule has 0 aromatic heterocycles. The fourth-order valence-corrected chi connectivity index (χ4v) is 3.21. The molecule has 0 bridgehead atoms. The number of halogens is 1. The molecule has 3 rings (SSSR count). The minimum Gasteiger partial charge on any atom is -0.457 e. The van der Waals surface area contributed by atoms with Crippen molar-refractivity contribution in [2.75, 3.05) is 18.1 Å². The molecule has 140 valence electrons. The molecule has 1 saturated heterocycles. The summed E-state index contributed by atoms with van der Waals surface area (Å²) in [5.74, 6) is -1.53. The van der Waals surface area contributed by atoms with Crippen molar-refractivity contribution >= 4 is 34.9 Å². The Bertz CT molecular complexity index is 892. The maximum absolute atomic E-state index is 12.4. The van der Waals surface area contributed by atoms with Crippen LogP contribution in [0.3, 0.4) is 0 Å². The van der Waals surface area contributed by atoms with Crippen molar-refractivity contribution in [3.63, 3.8) is 0 Å². The van der Waals surface area contributed by atoms with Gasteiger partial charge in [0.1, 0.15) is 0 Å². The van der Waals surface area contributed by atoms with Crippen molar-refractivity contribution in [2.24, 2.45) is 5.92 Å². The van der Waals surface area contributed by atoms with Crippen LogP contribution < -0.4 is 4.90 Å². The maximum Gasteiger partial charge on any atom is 0.311 e. The Balaban J connectivity index is 1.61. The van der Waals surface area contributed by atoms with Crippen LogP contribution in [0.25, 0.3) is 0 Å². The highest BCUT2D eigenvalue weighted by molar-refractivity contribution is 6.30. The molecule has 1 heterocycles. The lowest BCUT2D eigenvalue weighted by molar-refractivity contribution is -0.147. The van der Waals surface area contributed by atoms with Crippen LogP contribution in [0.2, 0.25) is 5.02 Å². The monoisotopic (exact) mass is 385 g/mol. The standard InChI is InChI=1S/C21H20ClNO4/c1-13-3-4-14(2)18(9-13)23-11-16(10-20(23)25)21(26)27-12-19(24)15-5-7-17(22)8-6-15/h3-9,16H,10-12H2,1-2H3. The zero-order chi connectivity index (χ0) is 19.6. The van der Waals surface area contributed by atoms with Gasteiger partial charge in [-0.1, -0.05) is 23.7 Å². The topological polar surface area (TPSA) is 63.7 Å². The average Bonchev–Trinajstić information content (AvgIpc) is 3.03. The minimum absolute atomic E-state index is 0.0847. The van der Waals surface area contributed by atoms with Gasteiger partial charge in [-0.15, -0.1) is 0 Å². The Morgan fingerprint density at radius 3 is 2.56 bits per heavy atom. The number of carbonyl (C=O) groups is 3. The van der Waals surface area contributed by atoms with Gasteiger partial charge >= 0.3 is 5.97 Å². The van der Waals surface area contributed by atoms with Gasteiger partial charge in [-0.05, 0) is 55.3 Å². The third-order valence-corrected chi connectivity index (χ3v) is 4.88. The van der Waals surface area contributed by atoms with Crippen LogP contribution in [0.5, 0.6) is 0 Å². The lowest BCUT2D eigenvalue weighted by Crippen LogP contribution is -2.27. The van der Waals surface area contributed by atoms with Gasteiger partial charge in [0.25, 0.3) is 0 Å². The van der Waals surface area contributed by atoms with Crippen molar-refractivity contribution in [3.05, 3.63) is 64.2 Å². The lowest BCUT2D eigenvalue weighted by Gasteiger charge is -2.19. The van der Waals surface area contributed by atoms with E-state index < -0.39 is 11.9 Å². The molecule has 1 aliphatic heterocycles. The number of carbonyl (C=O) groups excluding carboxylic acids is 3. The Labute approximate surface area is 162 Å². The SMILES string of the molecule is Cc1ccc(C)c(N2CC(C(=O)OCC(=O)c3ccc(Cl)cc3)CC2=O)c1. The summed E-state index contributed by atoms with van der Waals surface area (Å²) in [7, 11) is 0. The molecule has 6 heteroatoms. The van der Waals surface area contributed by atoms with Gasteiger partial charge in [0.05, 0.1) is 5.92 Å². The van der Waals surface area contributed by atoms with Crippen LogP contribution in [0.4, 0.5) is 5.69 Å². The number of hydrogen-bond donors (Lipinski definition) is 0. The van der Waals surface area contributed by atoms with Crippen LogP contribution in [0.1, 0.15) is 27.9 Å². The van der Waals surface area contributed by atoms with Crippen molar-refractivity contribution in [3.8, 4) is 0 Å². The summed E-state index contributed by atoms with van der Waals surface area (Å²) in [4.78, 5) is 38.4. The molecular weight excluding hydrogens is 366 g/mol. The van der Waals surface area contributed by atoms with Crippen molar-refractivity contribution in [2.45, 2.75) is 20.3 Å². The van der Waals surface area contributed by atoms with E-state index in [2.05, 4.69) is 0 Å². The highest BCUT2D eigenvalue weighted by Crippen LogP contribution is 2.29. The van der Waals surface area contributed by atoms with Crippen molar-refractivity contribution in [1.82, 2.24) is 0 Å². The number of ether oxygens (including phenoxy) is 1. The fourth-order valence-electron chi connectivity index (χ4n) is 3.08. The first-order valence-corrected chi connectivity index (χ1v) is 9.06. The van der Waals surface area contributed by atoms with Crippen LogP contribution in [0.15, 0.2) is 42.5 Å². The highest BCUT2D eigenvalue weighted by atomic mass is 35.5. The molecule has 27 heavy (non-hydrogen) atoms. The first kappa shape index (κ1) is 19.1. The number of benzene rings is 2. The molecule has 2 aromatic rings. The second-order valence-electron chi connectivity index (χ2n) is 6.73. The van der Waals surface area contributed by atoms with Gasteiger partial charge in [-0.2, -0.15) is 0 Å². The summed E-state index contributed by atoms with van der Waals surface area (Å²) in [6.45, 7) is 3.79. The summed E-state index contributed by atoms with van der Waals surface area (Å²) in [6, 6.07) is 12.2. The highest BCUT2D eigenvalue weighted by Gasteiger charge is 2.36. The second kappa shape index (κ2) is 7.92. The van der Waals surface area contributed by atoms with E-state index in [0.717, 1.165) is 16.8 Å². The number of rotatable bonds is 5. The quantitative estimate of drug-likeness (QED) is 0.581. The largest absolute Gasteiger partial charge is 0.457 e. The molecule has 0 spiro atoms. The summed E-state index contributed by atoms with van der Waals surface area (Å²) < 4.78 is 5.16. The van der Waals surface area contributed by atoms with E-state index in [0.29, 0.717) is 10.6 Å². The third kappa shape index (κ3) is 4.37. The van der Waals surface area contributed by atoms with Crippen LogP contribution in [0, 0.1) is 19.8 Å². The van der Waals surface area contributed by atoms with Gasteiger partial charge in [-0.3, -0.25) is 14.4 Å². The predicted molar refractivity (Wildman–Crippen MR) is 103 cm³/mol. The summed E-state index contributed by atoms with van der Waals surface area (Å²) in [5.41, 5.74) is 3.25. The molecule has 1 fully saturated rings. The number of esters is 1. The smallest absolute Gasteiger partial charge is 0.311 e. The Morgan fingerprint density at radius 2 is 1.85 bits per heavy atom. The zero-order valence-corrected chi connectivity index (χ0v) is 16.0. The molecule has 5 nitrogen and oxygen atoms in total. The summed E-state index contributed by atoms with van der Waals surface area (Å²) in [6.07, 6.45) is 0.0847. The maximum atomic E-state index is 12.4. The second-order valence-corrected chi connectivity index (χ2v) is 7.17. The zero-order valence-electron chi connectivity index (χ0n) is 15.2. The van der Waals surface area contributed by atoms with E-state index in [-0.39, 0.29) is 31.3 Å². The van der Waals surface area contributed by atoms with Gasteiger partial charge in [0, 0.05) is 29.2 Å². The number of Topliss-reactive ketones (excluding diaryl/α,β-unsaturated/α-hetero) is 1. The fraction of sp³-hybridized carbons (Fsp3) is 0.286. The Hall–Kier alpha value is -2.66. The molecule has 0 saturated carbocycles. The predicted octanol–water partition coefficient (Wildman–Crippen LogP) is 3.74. The van der Waals surface area contributed by atoms with E-state index in [4.69, 9.17) is 16.3 Å². The molecule has 1 unspecified atom stereocenters. The normalized spacial score (nSPS) is 16.5. The van der Waals surface area contributed by atoms with Gasteiger partial charge in [0.15, 0.2) is 12.4 Å². The number of ketones is 1. The number of nitrogens with zero attached hydrogens (tertiary/aromatic N) is 1. The molecule has 0 aliphatic carbocycles.